The molecule has 0 aliphatic carbocycles. The van der Waals surface area contributed by atoms with E-state index in [9.17, 15) is 18.0 Å². The monoisotopic (exact) mass is 492 g/mol. The Balaban J connectivity index is 1.90. The number of benzene rings is 2. The van der Waals surface area contributed by atoms with E-state index >= 15 is 0 Å². The topological polar surface area (TPSA) is 84.0 Å². The fourth-order valence-electron chi connectivity index (χ4n) is 3.82. The Morgan fingerprint density at radius 1 is 1.03 bits per heavy atom. The zero-order chi connectivity index (χ0) is 23.8. The predicted octanol–water partition coefficient (Wildman–Crippen LogP) is 4.11. The van der Waals surface area contributed by atoms with Crippen molar-refractivity contribution < 1.29 is 22.7 Å². The number of ether oxygens (including phenoxy) is 1. The highest BCUT2D eigenvalue weighted by Gasteiger charge is 2.29. The fraction of sp³-hybridized carbons (Fsp3) is 0.417. The van der Waals surface area contributed by atoms with E-state index in [1.54, 1.807) is 0 Å². The molecule has 1 saturated heterocycles. The number of hydrogen-bond donors (Lipinski definition) is 0. The molecule has 0 radical (unpaired) electrons. The summed E-state index contributed by atoms with van der Waals surface area (Å²) in [6.45, 7) is 1.29. The Morgan fingerprint density at radius 3 is 2.33 bits per heavy atom. The molecule has 1 amide bonds. The van der Waals surface area contributed by atoms with Crippen LogP contribution < -0.4 is 0 Å². The van der Waals surface area contributed by atoms with Crippen LogP contribution in [0.1, 0.15) is 48.0 Å². The molecule has 1 heterocycles. The van der Waals surface area contributed by atoms with Gasteiger partial charge in [0.2, 0.25) is 10.0 Å². The van der Waals surface area contributed by atoms with Crippen molar-refractivity contribution in [2.75, 3.05) is 26.7 Å². The summed E-state index contributed by atoms with van der Waals surface area (Å²) in [6.07, 6.45) is 3.61. The van der Waals surface area contributed by atoms with Gasteiger partial charge in [-0.3, -0.25) is 9.59 Å². The first-order valence-electron chi connectivity index (χ1n) is 11.0. The second-order valence-corrected chi connectivity index (χ2v) is 10.3. The highest BCUT2D eigenvalue weighted by molar-refractivity contribution is 7.89. The maximum atomic E-state index is 13.4. The van der Waals surface area contributed by atoms with E-state index in [0.717, 1.165) is 31.2 Å². The van der Waals surface area contributed by atoms with Crippen LogP contribution in [-0.4, -0.2) is 56.2 Å². The lowest BCUT2D eigenvalue weighted by molar-refractivity contribution is -0.140. The Labute approximate surface area is 200 Å². The summed E-state index contributed by atoms with van der Waals surface area (Å²) in [6, 6.07) is 13.7. The average Bonchev–Trinajstić information content (AvgIpc) is 3.12. The van der Waals surface area contributed by atoms with Crippen molar-refractivity contribution in [2.24, 2.45) is 0 Å². The molecule has 0 atom stereocenters. The lowest BCUT2D eigenvalue weighted by atomic mass is 10.1. The highest BCUT2D eigenvalue weighted by Crippen LogP contribution is 2.28. The molecule has 0 N–H and O–H groups in total. The van der Waals surface area contributed by atoms with Gasteiger partial charge in [-0.15, -0.1) is 0 Å². The number of carbonyl (C=O) groups excluding carboxylic acids is 2. The van der Waals surface area contributed by atoms with E-state index in [1.165, 1.54) is 34.5 Å². The Bertz CT molecular complexity index is 1070. The van der Waals surface area contributed by atoms with Crippen LogP contribution in [-0.2, 0) is 26.1 Å². The third-order valence-electron chi connectivity index (χ3n) is 5.68. The SMILES string of the molecule is COC(=O)CCN(Cc1ccccc1)C(=O)c1ccc(Cl)c(S(=O)(=O)N2CCCCCC2)c1. The maximum absolute atomic E-state index is 13.4. The van der Waals surface area contributed by atoms with Crippen molar-refractivity contribution >= 4 is 33.5 Å². The number of rotatable bonds is 8. The lowest BCUT2D eigenvalue weighted by Gasteiger charge is -2.24. The van der Waals surface area contributed by atoms with Crippen LogP contribution in [0, 0.1) is 0 Å². The lowest BCUT2D eigenvalue weighted by Crippen LogP contribution is -2.34. The zero-order valence-corrected chi connectivity index (χ0v) is 20.3. The van der Waals surface area contributed by atoms with Gasteiger partial charge in [0.1, 0.15) is 4.90 Å². The van der Waals surface area contributed by atoms with Crippen molar-refractivity contribution in [3.05, 3.63) is 64.7 Å². The number of esters is 1. The van der Waals surface area contributed by atoms with E-state index in [2.05, 4.69) is 0 Å². The number of sulfonamides is 1. The molecule has 2 aromatic carbocycles. The highest BCUT2D eigenvalue weighted by atomic mass is 35.5. The van der Waals surface area contributed by atoms with Crippen LogP contribution in [0.15, 0.2) is 53.4 Å². The largest absolute Gasteiger partial charge is 0.469 e. The van der Waals surface area contributed by atoms with E-state index < -0.39 is 16.0 Å². The first kappa shape index (κ1) is 25.2. The van der Waals surface area contributed by atoms with Crippen molar-refractivity contribution in [1.29, 1.82) is 0 Å². The second kappa shape index (κ2) is 11.6. The summed E-state index contributed by atoms with van der Waals surface area (Å²) in [5, 5.41) is 0.0833. The number of carbonyl (C=O) groups is 2. The minimum absolute atomic E-state index is 0.0294. The van der Waals surface area contributed by atoms with Gasteiger partial charge >= 0.3 is 5.97 Å². The molecule has 1 fully saturated rings. The molecule has 0 bridgehead atoms. The standard InChI is InChI=1S/C24H29ClN2O5S/c1-32-23(28)13-16-26(18-19-9-5-4-6-10-19)24(29)20-11-12-21(25)22(17-20)33(30,31)27-14-7-2-3-8-15-27/h4-6,9-12,17H,2-3,7-8,13-16,18H2,1H3. The first-order valence-corrected chi connectivity index (χ1v) is 12.8. The summed E-state index contributed by atoms with van der Waals surface area (Å²) in [7, 11) is -2.53. The molecule has 9 heteroatoms. The van der Waals surface area contributed by atoms with Crippen LogP contribution >= 0.6 is 11.6 Å². The fourth-order valence-corrected chi connectivity index (χ4v) is 5.84. The molecule has 0 spiro atoms. The van der Waals surface area contributed by atoms with Crippen LogP contribution in [0.2, 0.25) is 5.02 Å². The van der Waals surface area contributed by atoms with Crippen molar-refractivity contribution in [1.82, 2.24) is 9.21 Å². The Kier molecular flexibility index (Phi) is 8.88. The predicted molar refractivity (Wildman–Crippen MR) is 126 cm³/mol. The van der Waals surface area contributed by atoms with Gasteiger partial charge < -0.3 is 9.64 Å². The minimum atomic E-state index is -3.83. The molecule has 3 rings (SSSR count). The molecule has 33 heavy (non-hydrogen) atoms. The van der Waals surface area contributed by atoms with E-state index in [4.69, 9.17) is 16.3 Å². The zero-order valence-electron chi connectivity index (χ0n) is 18.7. The summed E-state index contributed by atoms with van der Waals surface area (Å²) < 4.78 is 32.8. The molecular weight excluding hydrogens is 464 g/mol. The minimum Gasteiger partial charge on any atom is -0.469 e. The summed E-state index contributed by atoms with van der Waals surface area (Å²) in [4.78, 5) is 26.5. The van der Waals surface area contributed by atoms with Crippen LogP contribution in [0.25, 0.3) is 0 Å². The van der Waals surface area contributed by atoms with Crippen molar-refractivity contribution in [2.45, 2.75) is 43.5 Å². The molecule has 178 valence electrons. The van der Waals surface area contributed by atoms with E-state index in [1.807, 2.05) is 30.3 Å². The van der Waals surface area contributed by atoms with Crippen LogP contribution in [0.3, 0.4) is 0 Å². The third-order valence-corrected chi connectivity index (χ3v) is 8.06. The van der Waals surface area contributed by atoms with Gasteiger partial charge in [-0.25, -0.2) is 8.42 Å². The van der Waals surface area contributed by atoms with Crippen LogP contribution in [0.5, 0.6) is 0 Å². The average molecular weight is 493 g/mol. The summed E-state index contributed by atoms with van der Waals surface area (Å²) in [5.74, 6) is -0.812. The number of nitrogens with zero attached hydrogens (tertiary/aromatic N) is 2. The Hall–Kier alpha value is -2.42. The molecule has 1 aliphatic heterocycles. The second-order valence-electron chi connectivity index (χ2n) is 8.00. The number of hydrogen-bond acceptors (Lipinski definition) is 5. The van der Waals surface area contributed by atoms with Gasteiger partial charge in [0.05, 0.1) is 18.6 Å². The van der Waals surface area contributed by atoms with Gasteiger partial charge in [0, 0.05) is 31.7 Å². The number of halogens is 1. The first-order chi connectivity index (χ1) is 15.8. The van der Waals surface area contributed by atoms with E-state index in [-0.39, 0.29) is 40.9 Å². The summed E-state index contributed by atoms with van der Waals surface area (Å²) >= 11 is 6.28. The molecule has 1 aliphatic rings. The third kappa shape index (κ3) is 6.56. The van der Waals surface area contributed by atoms with Gasteiger partial charge in [-0.2, -0.15) is 4.31 Å². The van der Waals surface area contributed by atoms with Gasteiger partial charge in [-0.1, -0.05) is 54.8 Å². The van der Waals surface area contributed by atoms with Crippen LogP contribution in [0.4, 0.5) is 0 Å². The molecular formula is C24H29ClN2O5S. The molecule has 7 nitrogen and oxygen atoms in total. The Morgan fingerprint density at radius 2 is 1.70 bits per heavy atom. The van der Waals surface area contributed by atoms with Gasteiger partial charge in [0.15, 0.2) is 0 Å². The molecule has 0 aromatic heterocycles. The number of amides is 1. The summed E-state index contributed by atoms with van der Waals surface area (Å²) in [5.41, 5.74) is 1.09. The quantitative estimate of drug-likeness (QED) is 0.518. The number of methoxy groups -OCH3 is 1. The van der Waals surface area contributed by atoms with Crippen molar-refractivity contribution in [3.63, 3.8) is 0 Å². The van der Waals surface area contributed by atoms with E-state index in [0.29, 0.717) is 13.1 Å². The van der Waals surface area contributed by atoms with Gasteiger partial charge in [-0.05, 0) is 36.6 Å². The molecule has 0 unspecified atom stereocenters. The smallest absolute Gasteiger partial charge is 0.307 e. The molecule has 0 saturated carbocycles. The normalized spacial score (nSPS) is 15.0. The molecule has 2 aromatic rings. The van der Waals surface area contributed by atoms with Crippen molar-refractivity contribution in [3.8, 4) is 0 Å². The maximum Gasteiger partial charge on any atom is 0.307 e. The van der Waals surface area contributed by atoms with Gasteiger partial charge in [0.25, 0.3) is 5.91 Å².